The average molecular weight is 551 g/mol. The Labute approximate surface area is 233 Å². The lowest BCUT2D eigenvalue weighted by Crippen LogP contribution is -2.42. The lowest BCUT2D eigenvalue weighted by Gasteiger charge is -2.27. The first-order valence-electron chi connectivity index (χ1n) is 13.4. The van der Waals surface area contributed by atoms with Crippen LogP contribution in [0.15, 0.2) is 64.5 Å². The SMILES string of the molecule is O=C(COc1ccc(/C=C2\SC(=Nc3ccccc3)N(CCCN3CCOCC3)C2=O)cc1)N1CCOCC1. The molecule has 2 aromatic rings. The largest absolute Gasteiger partial charge is 0.484 e. The molecule has 3 aliphatic rings. The summed E-state index contributed by atoms with van der Waals surface area (Å²) in [4.78, 5) is 37.1. The maximum atomic E-state index is 13.4. The van der Waals surface area contributed by atoms with Gasteiger partial charge in [-0.15, -0.1) is 0 Å². The van der Waals surface area contributed by atoms with Gasteiger partial charge < -0.3 is 19.1 Å². The van der Waals surface area contributed by atoms with Gasteiger partial charge in [-0.05, 0) is 54.1 Å². The van der Waals surface area contributed by atoms with Gasteiger partial charge in [0.1, 0.15) is 5.75 Å². The number of hydrogen-bond acceptors (Lipinski definition) is 8. The summed E-state index contributed by atoms with van der Waals surface area (Å²) in [7, 11) is 0. The summed E-state index contributed by atoms with van der Waals surface area (Å²) in [5.74, 6) is 0.532. The summed E-state index contributed by atoms with van der Waals surface area (Å²) in [5, 5.41) is 0.695. The van der Waals surface area contributed by atoms with Crippen molar-refractivity contribution in [2.45, 2.75) is 6.42 Å². The molecule has 0 saturated carbocycles. The second kappa shape index (κ2) is 13.7. The first-order valence-corrected chi connectivity index (χ1v) is 14.2. The number of ether oxygens (including phenoxy) is 3. The van der Waals surface area contributed by atoms with Gasteiger partial charge in [0.2, 0.25) is 0 Å². The van der Waals surface area contributed by atoms with Gasteiger partial charge in [0.25, 0.3) is 11.8 Å². The molecule has 3 heterocycles. The molecule has 0 N–H and O–H groups in total. The van der Waals surface area contributed by atoms with Crippen LogP contribution in [0.3, 0.4) is 0 Å². The Morgan fingerprint density at radius 1 is 0.923 bits per heavy atom. The molecule has 2 aromatic carbocycles. The van der Waals surface area contributed by atoms with Crippen LogP contribution in [0.1, 0.15) is 12.0 Å². The number of carbonyl (C=O) groups excluding carboxylic acids is 2. The van der Waals surface area contributed by atoms with E-state index in [9.17, 15) is 9.59 Å². The molecular weight excluding hydrogens is 516 g/mol. The fourth-order valence-corrected chi connectivity index (χ4v) is 5.56. The lowest BCUT2D eigenvalue weighted by molar-refractivity contribution is -0.137. The van der Waals surface area contributed by atoms with E-state index in [1.54, 1.807) is 9.80 Å². The van der Waals surface area contributed by atoms with Gasteiger partial charge in [-0.2, -0.15) is 0 Å². The number of benzene rings is 2. The number of nitrogens with zero attached hydrogens (tertiary/aromatic N) is 4. The fourth-order valence-electron chi connectivity index (χ4n) is 4.54. The summed E-state index contributed by atoms with van der Waals surface area (Å²) in [6.07, 6.45) is 2.75. The molecular formula is C29H34N4O5S. The molecule has 10 heteroatoms. The van der Waals surface area contributed by atoms with Gasteiger partial charge in [0, 0.05) is 39.3 Å². The Kier molecular flexibility index (Phi) is 9.66. The molecule has 3 saturated heterocycles. The predicted octanol–water partition coefficient (Wildman–Crippen LogP) is 3.25. The third kappa shape index (κ3) is 7.69. The van der Waals surface area contributed by atoms with Gasteiger partial charge in [0.05, 0.1) is 37.0 Å². The molecule has 3 fully saturated rings. The van der Waals surface area contributed by atoms with Crippen molar-refractivity contribution in [3.8, 4) is 5.75 Å². The van der Waals surface area contributed by atoms with Gasteiger partial charge >= 0.3 is 0 Å². The van der Waals surface area contributed by atoms with Crippen molar-refractivity contribution in [1.82, 2.24) is 14.7 Å². The van der Waals surface area contributed by atoms with Crippen molar-refractivity contribution in [1.29, 1.82) is 0 Å². The van der Waals surface area contributed by atoms with Gasteiger partial charge in [0.15, 0.2) is 11.8 Å². The second-order valence-electron chi connectivity index (χ2n) is 9.46. The smallest absolute Gasteiger partial charge is 0.266 e. The minimum atomic E-state index is -0.0450. The highest BCUT2D eigenvalue weighted by molar-refractivity contribution is 8.18. The Hall–Kier alpha value is -3.18. The normalized spacial score (nSPS) is 20.7. The van der Waals surface area contributed by atoms with Crippen molar-refractivity contribution >= 4 is 40.5 Å². The molecule has 0 aromatic heterocycles. The Balaban J connectivity index is 1.23. The highest BCUT2D eigenvalue weighted by atomic mass is 32.2. The van der Waals surface area contributed by atoms with Crippen LogP contribution in [0.2, 0.25) is 0 Å². The molecule has 3 aliphatic heterocycles. The van der Waals surface area contributed by atoms with Crippen molar-refractivity contribution in [2.24, 2.45) is 4.99 Å². The molecule has 5 rings (SSSR count). The van der Waals surface area contributed by atoms with E-state index < -0.39 is 0 Å². The van der Waals surface area contributed by atoms with Crippen molar-refractivity contribution < 1.29 is 23.8 Å². The summed E-state index contributed by atoms with van der Waals surface area (Å²) in [5.41, 5.74) is 1.70. The second-order valence-corrected chi connectivity index (χ2v) is 10.5. The molecule has 0 spiro atoms. The molecule has 0 aliphatic carbocycles. The molecule has 206 valence electrons. The van der Waals surface area contributed by atoms with Crippen LogP contribution in [0, 0.1) is 0 Å². The molecule has 2 amide bonds. The molecule has 0 radical (unpaired) electrons. The third-order valence-corrected chi connectivity index (χ3v) is 7.74. The minimum absolute atomic E-state index is 0.00645. The summed E-state index contributed by atoms with van der Waals surface area (Å²) >= 11 is 1.40. The van der Waals surface area contributed by atoms with E-state index in [0.717, 1.165) is 50.5 Å². The molecule has 0 atom stereocenters. The summed E-state index contributed by atoms with van der Waals surface area (Å²) in [6.45, 7) is 7.23. The number of amidine groups is 1. The molecule has 9 nitrogen and oxygen atoms in total. The van der Waals surface area contributed by atoms with E-state index in [1.807, 2.05) is 60.7 Å². The van der Waals surface area contributed by atoms with E-state index in [1.165, 1.54) is 11.8 Å². The topological polar surface area (TPSA) is 83.9 Å². The van der Waals surface area contributed by atoms with E-state index >= 15 is 0 Å². The zero-order chi connectivity index (χ0) is 26.9. The van der Waals surface area contributed by atoms with Crippen LogP contribution in [0.4, 0.5) is 5.69 Å². The van der Waals surface area contributed by atoms with Crippen molar-refractivity contribution in [3.05, 3.63) is 65.1 Å². The first kappa shape index (κ1) is 27.4. The van der Waals surface area contributed by atoms with E-state index in [-0.39, 0.29) is 18.4 Å². The Morgan fingerprint density at radius 3 is 2.33 bits per heavy atom. The molecule has 0 unspecified atom stereocenters. The monoisotopic (exact) mass is 550 g/mol. The Bertz CT molecular complexity index is 1180. The number of amides is 2. The average Bonchev–Trinajstić information content (AvgIpc) is 3.27. The summed E-state index contributed by atoms with van der Waals surface area (Å²) < 4.78 is 16.4. The first-order chi connectivity index (χ1) is 19.2. The number of para-hydroxylation sites is 1. The predicted molar refractivity (Wildman–Crippen MR) is 152 cm³/mol. The number of hydrogen-bond donors (Lipinski definition) is 0. The number of rotatable bonds is 9. The quantitative estimate of drug-likeness (QED) is 0.443. The number of thioether (sulfide) groups is 1. The van der Waals surface area contributed by atoms with Gasteiger partial charge in [-0.3, -0.25) is 19.4 Å². The minimum Gasteiger partial charge on any atom is -0.484 e. The maximum absolute atomic E-state index is 13.4. The highest BCUT2D eigenvalue weighted by Crippen LogP contribution is 2.34. The fraction of sp³-hybridized carbons (Fsp3) is 0.414. The number of aliphatic imine (C=N–C) groups is 1. The Morgan fingerprint density at radius 2 is 1.62 bits per heavy atom. The zero-order valence-electron chi connectivity index (χ0n) is 22.0. The van der Waals surface area contributed by atoms with Crippen molar-refractivity contribution in [3.63, 3.8) is 0 Å². The highest BCUT2D eigenvalue weighted by Gasteiger charge is 2.33. The van der Waals surface area contributed by atoms with Crippen LogP contribution in [0.25, 0.3) is 6.08 Å². The third-order valence-electron chi connectivity index (χ3n) is 6.73. The van der Waals surface area contributed by atoms with Crippen LogP contribution < -0.4 is 4.74 Å². The molecule has 39 heavy (non-hydrogen) atoms. The van der Waals surface area contributed by atoms with E-state index in [2.05, 4.69) is 4.90 Å². The van der Waals surface area contributed by atoms with E-state index in [4.69, 9.17) is 19.2 Å². The molecule has 0 bridgehead atoms. The van der Waals surface area contributed by atoms with Gasteiger partial charge in [-0.1, -0.05) is 30.3 Å². The standard InChI is InChI=1S/C29H34N4O5S/c34-27(32-15-19-37-20-16-32)22-38-25-9-7-23(8-10-25)21-26-28(35)33(12-4-11-31-13-17-36-18-14-31)29(39-26)30-24-5-2-1-3-6-24/h1-3,5-10,21H,4,11-20,22H2/b26-21-,30-29?. The lowest BCUT2D eigenvalue weighted by atomic mass is 10.2. The van der Waals surface area contributed by atoms with Crippen LogP contribution in [-0.2, 0) is 19.1 Å². The maximum Gasteiger partial charge on any atom is 0.266 e. The van der Waals surface area contributed by atoms with Crippen LogP contribution in [0.5, 0.6) is 5.75 Å². The number of morpholine rings is 2. The van der Waals surface area contributed by atoms with Gasteiger partial charge in [-0.25, -0.2) is 4.99 Å². The summed E-state index contributed by atoms with van der Waals surface area (Å²) in [6, 6.07) is 17.1. The van der Waals surface area contributed by atoms with Crippen molar-refractivity contribution in [2.75, 3.05) is 72.3 Å². The van der Waals surface area contributed by atoms with Crippen LogP contribution in [-0.4, -0.2) is 104 Å². The van der Waals surface area contributed by atoms with Crippen LogP contribution >= 0.6 is 11.8 Å². The number of carbonyl (C=O) groups is 2. The zero-order valence-corrected chi connectivity index (χ0v) is 22.8. The van der Waals surface area contributed by atoms with E-state index in [0.29, 0.717) is 48.7 Å².